The highest BCUT2D eigenvalue weighted by atomic mass is 127. The van der Waals surface area contributed by atoms with E-state index in [2.05, 4.69) is 63.8 Å². The van der Waals surface area contributed by atoms with E-state index in [0.717, 1.165) is 36.9 Å². The van der Waals surface area contributed by atoms with Gasteiger partial charge in [-0.15, -0.1) is 24.0 Å². The Balaban J connectivity index is 0.00000280. The van der Waals surface area contributed by atoms with Crippen molar-refractivity contribution < 1.29 is 4.52 Å². The minimum Gasteiger partial charge on any atom is -0.359 e. The normalized spacial score (nSPS) is 14.7. The van der Waals surface area contributed by atoms with E-state index in [0.29, 0.717) is 13.1 Å². The zero-order chi connectivity index (χ0) is 18.9. The first-order chi connectivity index (χ1) is 13.3. The van der Waals surface area contributed by atoms with Gasteiger partial charge in [0.2, 0.25) is 0 Å². The van der Waals surface area contributed by atoms with E-state index in [1.54, 1.807) is 0 Å². The van der Waals surface area contributed by atoms with E-state index in [4.69, 9.17) is 4.52 Å². The molecule has 0 spiro atoms. The van der Waals surface area contributed by atoms with E-state index in [9.17, 15) is 0 Å². The first-order valence-corrected chi connectivity index (χ1v) is 10.0. The molecule has 6 nitrogen and oxygen atoms in total. The molecule has 0 atom stereocenters. The second-order valence-corrected chi connectivity index (χ2v) is 6.99. The molecule has 0 radical (unpaired) electrons. The number of benzene rings is 1. The second-order valence-electron chi connectivity index (χ2n) is 6.99. The molecule has 2 aromatic rings. The van der Waals surface area contributed by atoms with Crippen molar-refractivity contribution in [3.63, 3.8) is 0 Å². The van der Waals surface area contributed by atoms with Gasteiger partial charge in [0.1, 0.15) is 0 Å². The Morgan fingerprint density at radius 2 is 1.82 bits per heavy atom. The van der Waals surface area contributed by atoms with Gasteiger partial charge in [-0.05, 0) is 50.4 Å². The van der Waals surface area contributed by atoms with Crippen LogP contribution in [0.3, 0.4) is 0 Å². The Morgan fingerprint density at radius 3 is 2.46 bits per heavy atom. The van der Waals surface area contributed by atoms with Crippen molar-refractivity contribution in [3.05, 3.63) is 52.9 Å². The largest absolute Gasteiger partial charge is 0.359 e. The highest BCUT2D eigenvalue weighted by Gasteiger charge is 2.11. The van der Waals surface area contributed by atoms with Crippen molar-refractivity contribution in [1.29, 1.82) is 0 Å². The summed E-state index contributed by atoms with van der Waals surface area (Å²) in [5.74, 6) is 1.61. The third-order valence-corrected chi connectivity index (χ3v) is 4.79. The van der Waals surface area contributed by atoms with Crippen LogP contribution in [0.5, 0.6) is 0 Å². The van der Waals surface area contributed by atoms with Crippen LogP contribution in [-0.2, 0) is 26.1 Å². The molecule has 1 saturated heterocycles. The summed E-state index contributed by atoms with van der Waals surface area (Å²) < 4.78 is 5.32. The lowest BCUT2D eigenvalue weighted by atomic mass is 10.1. The summed E-state index contributed by atoms with van der Waals surface area (Å²) in [6.45, 7) is 9.69. The maximum atomic E-state index is 5.32. The molecular weight excluding hydrogens is 465 g/mol. The number of hydrogen-bond donors (Lipinski definition) is 2. The zero-order valence-electron chi connectivity index (χ0n) is 16.9. The molecule has 0 saturated carbocycles. The minimum absolute atomic E-state index is 0. The van der Waals surface area contributed by atoms with Crippen molar-refractivity contribution in [2.24, 2.45) is 4.99 Å². The number of nitrogens with zero attached hydrogens (tertiary/aromatic N) is 3. The first-order valence-electron chi connectivity index (χ1n) is 10.0. The zero-order valence-corrected chi connectivity index (χ0v) is 19.2. The third kappa shape index (κ3) is 7.09. The molecule has 1 aliphatic rings. The lowest BCUT2D eigenvalue weighted by Gasteiger charge is -2.14. The lowest BCUT2D eigenvalue weighted by Crippen LogP contribution is -2.36. The van der Waals surface area contributed by atoms with Crippen molar-refractivity contribution in [2.75, 3.05) is 19.6 Å². The Kier molecular flexibility index (Phi) is 9.77. The number of likely N-dealkylation sites (tertiary alicyclic amines) is 1. The number of aromatic nitrogens is 1. The van der Waals surface area contributed by atoms with E-state index >= 15 is 0 Å². The molecule has 154 valence electrons. The van der Waals surface area contributed by atoms with Crippen LogP contribution >= 0.6 is 24.0 Å². The van der Waals surface area contributed by atoms with Crippen LogP contribution in [0.2, 0.25) is 0 Å². The van der Waals surface area contributed by atoms with E-state index in [1.165, 1.54) is 37.1 Å². The molecule has 0 aliphatic carbocycles. The van der Waals surface area contributed by atoms with Crippen LogP contribution < -0.4 is 10.6 Å². The number of guanidine groups is 1. The van der Waals surface area contributed by atoms with Crippen LogP contribution in [0.4, 0.5) is 0 Å². The van der Waals surface area contributed by atoms with Gasteiger partial charge >= 0.3 is 0 Å². The summed E-state index contributed by atoms with van der Waals surface area (Å²) in [6, 6.07) is 10.8. The predicted octanol–water partition coefficient (Wildman–Crippen LogP) is 3.71. The van der Waals surface area contributed by atoms with Gasteiger partial charge < -0.3 is 15.2 Å². The van der Waals surface area contributed by atoms with Crippen molar-refractivity contribution >= 4 is 29.9 Å². The van der Waals surface area contributed by atoms with Gasteiger partial charge in [-0.3, -0.25) is 4.90 Å². The SMILES string of the molecule is CCNC(=NCc1ccc(CN2CCCC2)cc1)NCc1cc(CC)no1.I. The molecule has 7 heteroatoms. The number of halogens is 1. The molecule has 2 heterocycles. The van der Waals surface area contributed by atoms with Crippen molar-refractivity contribution in [2.45, 2.75) is 52.7 Å². The quantitative estimate of drug-likeness (QED) is 0.331. The molecule has 1 aromatic carbocycles. The highest BCUT2D eigenvalue weighted by Crippen LogP contribution is 2.13. The Hall–Kier alpha value is -1.61. The van der Waals surface area contributed by atoms with E-state index < -0.39 is 0 Å². The monoisotopic (exact) mass is 497 g/mol. The summed E-state index contributed by atoms with van der Waals surface area (Å²) in [6.07, 6.45) is 3.55. The molecular formula is C21H32IN5O. The topological polar surface area (TPSA) is 65.7 Å². The maximum absolute atomic E-state index is 5.32. The third-order valence-electron chi connectivity index (χ3n) is 4.79. The van der Waals surface area contributed by atoms with E-state index in [1.807, 2.05) is 6.07 Å². The van der Waals surface area contributed by atoms with Gasteiger partial charge in [-0.1, -0.05) is 36.3 Å². The van der Waals surface area contributed by atoms with Crippen molar-refractivity contribution in [3.8, 4) is 0 Å². The molecule has 2 N–H and O–H groups in total. The minimum atomic E-state index is 0. The Bertz CT molecular complexity index is 723. The van der Waals surface area contributed by atoms with Gasteiger partial charge in [-0.25, -0.2) is 4.99 Å². The lowest BCUT2D eigenvalue weighted by molar-refractivity contribution is 0.331. The second kappa shape index (κ2) is 12.1. The van der Waals surface area contributed by atoms with Crippen LogP contribution in [0.15, 0.2) is 39.8 Å². The smallest absolute Gasteiger partial charge is 0.191 e. The summed E-state index contributed by atoms with van der Waals surface area (Å²) in [4.78, 5) is 7.20. The van der Waals surface area contributed by atoms with Crippen LogP contribution in [0, 0.1) is 0 Å². The van der Waals surface area contributed by atoms with Gasteiger partial charge in [0, 0.05) is 19.2 Å². The number of aliphatic imine (C=N–C) groups is 1. The van der Waals surface area contributed by atoms with Crippen LogP contribution in [0.1, 0.15) is 49.3 Å². The van der Waals surface area contributed by atoms with Gasteiger partial charge in [0.25, 0.3) is 0 Å². The summed E-state index contributed by atoms with van der Waals surface area (Å²) in [5.41, 5.74) is 3.57. The molecule has 0 amide bonds. The maximum Gasteiger partial charge on any atom is 0.191 e. The number of hydrogen-bond acceptors (Lipinski definition) is 4. The van der Waals surface area contributed by atoms with E-state index in [-0.39, 0.29) is 24.0 Å². The number of aryl methyl sites for hydroxylation is 1. The number of nitrogens with one attached hydrogen (secondary N) is 2. The van der Waals surface area contributed by atoms with Crippen LogP contribution in [-0.4, -0.2) is 35.7 Å². The first kappa shape index (κ1) is 22.7. The fraction of sp³-hybridized carbons (Fsp3) is 0.524. The fourth-order valence-electron chi connectivity index (χ4n) is 3.24. The summed E-state index contributed by atoms with van der Waals surface area (Å²) in [5, 5.41) is 10.6. The summed E-state index contributed by atoms with van der Waals surface area (Å²) >= 11 is 0. The molecule has 28 heavy (non-hydrogen) atoms. The average molecular weight is 497 g/mol. The molecule has 0 unspecified atom stereocenters. The Morgan fingerprint density at radius 1 is 1.11 bits per heavy atom. The highest BCUT2D eigenvalue weighted by molar-refractivity contribution is 14.0. The predicted molar refractivity (Wildman–Crippen MR) is 124 cm³/mol. The fourth-order valence-corrected chi connectivity index (χ4v) is 3.24. The molecule has 0 bridgehead atoms. The van der Waals surface area contributed by atoms with Crippen LogP contribution in [0.25, 0.3) is 0 Å². The molecule has 1 aromatic heterocycles. The van der Waals surface area contributed by atoms with Crippen molar-refractivity contribution in [1.82, 2.24) is 20.7 Å². The van der Waals surface area contributed by atoms with Gasteiger partial charge in [0.15, 0.2) is 11.7 Å². The molecule has 1 aliphatic heterocycles. The Labute approximate surface area is 185 Å². The average Bonchev–Trinajstić information content (AvgIpc) is 3.37. The summed E-state index contributed by atoms with van der Waals surface area (Å²) in [7, 11) is 0. The molecule has 3 rings (SSSR count). The number of rotatable bonds is 8. The van der Waals surface area contributed by atoms with Gasteiger partial charge in [-0.2, -0.15) is 0 Å². The van der Waals surface area contributed by atoms with Gasteiger partial charge in [0.05, 0.1) is 18.8 Å². The molecule has 1 fully saturated rings. The standard InChI is InChI=1S/C21H31N5O.HI/c1-3-19-13-20(27-25-19)15-24-21(22-4-2)23-14-17-7-9-18(10-8-17)16-26-11-5-6-12-26;/h7-10,13H,3-6,11-12,14-16H2,1-2H3,(H2,22,23,24);1H.